The van der Waals surface area contributed by atoms with E-state index >= 15 is 0 Å². The highest BCUT2D eigenvalue weighted by atomic mass is 16.4. The predicted molar refractivity (Wildman–Crippen MR) is 145 cm³/mol. The normalized spacial score (nSPS) is 15.6. The lowest BCUT2D eigenvalue weighted by Gasteiger charge is -2.16. The molecule has 0 saturated carbocycles. The second-order valence-electron chi connectivity index (χ2n) is 9.72. The van der Waals surface area contributed by atoms with Gasteiger partial charge in [0.2, 0.25) is 0 Å². The molecular formula is C28H25N7O5. The molecule has 5 aromatic rings. The van der Waals surface area contributed by atoms with Crippen LogP contribution in [0.15, 0.2) is 71.9 Å². The van der Waals surface area contributed by atoms with Crippen molar-refractivity contribution in [3.63, 3.8) is 0 Å². The summed E-state index contributed by atoms with van der Waals surface area (Å²) in [4.78, 5) is 51.9. The smallest absolute Gasteiger partial charge is 0.354 e. The standard InChI is InChI=1S/C28H25N7O5/c1-32-23(27(38)39)14-31-24(32)16-33-12-10-20(15-33)35-25-22(3-2-11-29-25)34(28(35)40)19-8-9-21(30-13-19)17-4-6-18(7-5-17)26(36)37/h2-9,11,13-14,20H,10,12,15-16H2,1H3,(H,36,37)(H,38,39). The molecule has 40 heavy (non-hydrogen) atoms. The third-order valence-corrected chi connectivity index (χ3v) is 7.35. The third-order valence-electron chi connectivity index (χ3n) is 7.35. The molecule has 0 radical (unpaired) electrons. The van der Waals surface area contributed by atoms with E-state index in [-0.39, 0.29) is 23.0 Å². The van der Waals surface area contributed by atoms with E-state index in [1.54, 1.807) is 57.4 Å². The van der Waals surface area contributed by atoms with E-state index in [0.29, 0.717) is 41.5 Å². The predicted octanol–water partition coefficient (Wildman–Crippen LogP) is 2.83. The summed E-state index contributed by atoms with van der Waals surface area (Å²) < 4.78 is 4.91. The van der Waals surface area contributed by atoms with Crippen LogP contribution in [0.3, 0.4) is 0 Å². The van der Waals surface area contributed by atoms with Gasteiger partial charge in [-0.2, -0.15) is 0 Å². The first-order chi connectivity index (χ1) is 19.3. The monoisotopic (exact) mass is 539 g/mol. The number of pyridine rings is 2. The fraction of sp³-hybridized carbons (Fsp3) is 0.214. The van der Waals surface area contributed by atoms with Gasteiger partial charge in [-0.1, -0.05) is 12.1 Å². The van der Waals surface area contributed by atoms with Crippen LogP contribution in [0, 0.1) is 0 Å². The number of carboxylic acid groups (broad SMARTS) is 2. The van der Waals surface area contributed by atoms with Crippen LogP contribution < -0.4 is 5.69 Å². The SMILES string of the molecule is Cn1c(C(=O)O)cnc1CN1CCC(n2c(=O)n(-c3ccc(-c4ccc(C(=O)O)cc4)nc3)c3cccnc32)C1. The minimum atomic E-state index is -1.02. The van der Waals surface area contributed by atoms with Crippen LogP contribution in [-0.2, 0) is 13.6 Å². The Bertz CT molecular complexity index is 1800. The van der Waals surface area contributed by atoms with Crippen LogP contribution in [0.4, 0.5) is 0 Å². The van der Waals surface area contributed by atoms with Crippen LogP contribution in [0.25, 0.3) is 28.1 Å². The molecule has 1 fully saturated rings. The molecule has 5 heterocycles. The average Bonchev–Trinajstić information content (AvgIpc) is 3.64. The highest BCUT2D eigenvalue weighted by molar-refractivity contribution is 5.88. The molecule has 4 aromatic heterocycles. The summed E-state index contributed by atoms with van der Waals surface area (Å²) in [6, 6.07) is 13.6. The van der Waals surface area contributed by atoms with Gasteiger partial charge >= 0.3 is 17.6 Å². The molecule has 6 rings (SSSR count). The summed E-state index contributed by atoms with van der Waals surface area (Å²) in [6.07, 6.45) is 5.38. The van der Waals surface area contributed by atoms with Crippen LogP contribution >= 0.6 is 0 Å². The molecule has 1 aliphatic rings. The summed E-state index contributed by atoms with van der Waals surface area (Å²) in [5.74, 6) is -1.37. The minimum Gasteiger partial charge on any atom is -0.478 e. The minimum absolute atomic E-state index is 0.120. The molecule has 1 unspecified atom stereocenters. The van der Waals surface area contributed by atoms with Gasteiger partial charge < -0.3 is 14.8 Å². The van der Waals surface area contributed by atoms with Crippen molar-refractivity contribution in [2.24, 2.45) is 7.05 Å². The summed E-state index contributed by atoms with van der Waals surface area (Å²) >= 11 is 0. The number of benzene rings is 1. The summed E-state index contributed by atoms with van der Waals surface area (Å²) in [5.41, 5.74) is 3.38. The van der Waals surface area contributed by atoms with Crippen molar-refractivity contribution < 1.29 is 19.8 Å². The summed E-state index contributed by atoms with van der Waals surface area (Å²) in [5, 5.41) is 18.4. The van der Waals surface area contributed by atoms with Gasteiger partial charge in [-0.3, -0.25) is 19.0 Å². The van der Waals surface area contributed by atoms with E-state index in [4.69, 9.17) is 5.11 Å². The highest BCUT2D eigenvalue weighted by Crippen LogP contribution is 2.27. The molecule has 202 valence electrons. The van der Waals surface area contributed by atoms with Gasteiger partial charge in [-0.25, -0.2) is 24.4 Å². The van der Waals surface area contributed by atoms with Gasteiger partial charge in [0.05, 0.1) is 47.4 Å². The molecule has 1 saturated heterocycles. The number of hydrogen-bond acceptors (Lipinski definition) is 7. The molecule has 12 heteroatoms. The Hall–Kier alpha value is -5.10. The maximum absolute atomic E-state index is 13.8. The van der Waals surface area contributed by atoms with E-state index in [2.05, 4.69) is 19.9 Å². The zero-order valence-corrected chi connectivity index (χ0v) is 21.5. The van der Waals surface area contributed by atoms with Gasteiger partial charge in [-0.15, -0.1) is 0 Å². The van der Waals surface area contributed by atoms with Crippen LogP contribution in [0.5, 0.6) is 0 Å². The first-order valence-electron chi connectivity index (χ1n) is 12.7. The second-order valence-corrected chi connectivity index (χ2v) is 9.72. The van der Waals surface area contributed by atoms with Gasteiger partial charge in [0, 0.05) is 31.9 Å². The Labute approximate surface area is 227 Å². The number of carbonyl (C=O) groups is 2. The molecule has 0 amide bonds. The maximum atomic E-state index is 13.8. The van der Waals surface area contributed by atoms with Crippen LogP contribution in [0.1, 0.15) is 39.1 Å². The van der Waals surface area contributed by atoms with Gasteiger partial charge in [0.25, 0.3) is 0 Å². The molecule has 1 aliphatic heterocycles. The number of rotatable bonds is 7. The van der Waals surface area contributed by atoms with Crippen molar-refractivity contribution in [3.05, 3.63) is 94.7 Å². The summed E-state index contributed by atoms with van der Waals surface area (Å²) in [6.45, 7) is 1.79. The number of hydrogen-bond donors (Lipinski definition) is 2. The van der Waals surface area contributed by atoms with Gasteiger partial charge in [-0.05, 0) is 42.8 Å². The number of carboxylic acids is 2. The lowest BCUT2D eigenvalue weighted by Crippen LogP contribution is -2.29. The molecule has 0 bridgehead atoms. The Balaban J connectivity index is 1.29. The van der Waals surface area contributed by atoms with Gasteiger partial charge in [0.1, 0.15) is 11.5 Å². The first kappa shape index (κ1) is 25.2. The number of fused-ring (bicyclic) bond motifs is 1. The summed E-state index contributed by atoms with van der Waals surface area (Å²) in [7, 11) is 1.69. The molecule has 1 aromatic carbocycles. The molecule has 2 N–H and O–H groups in total. The van der Waals surface area contributed by atoms with Crippen molar-refractivity contribution in [3.8, 4) is 16.9 Å². The first-order valence-corrected chi connectivity index (χ1v) is 12.7. The Morgan fingerprint density at radius 2 is 1.77 bits per heavy atom. The molecule has 0 aliphatic carbocycles. The largest absolute Gasteiger partial charge is 0.478 e. The van der Waals surface area contributed by atoms with Crippen molar-refractivity contribution in [2.75, 3.05) is 13.1 Å². The van der Waals surface area contributed by atoms with E-state index < -0.39 is 11.9 Å². The van der Waals surface area contributed by atoms with Crippen LogP contribution in [0.2, 0.25) is 0 Å². The van der Waals surface area contributed by atoms with Crippen molar-refractivity contribution >= 4 is 23.1 Å². The van der Waals surface area contributed by atoms with Gasteiger partial charge in [0.15, 0.2) is 5.65 Å². The van der Waals surface area contributed by atoms with Crippen molar-refractivity contribution in [2.45, 2.75) is 19.0 Å². The lowest BCUT2D eigenvalue weighted by molar-refractivity contribution is 0.0679. The molecular weight excluding hydrogens is 514 g/mol. The Morgan fingerprint density at radius 1 is 0.975 bits per heavy atom. The Kier molecular flexibility index (Phi) is 6.23. The fourth-order valence-corrected chi connectivity index (χ4v) is 5.26. The number of likely N-dealkylation sites (tertiary alicyclic amines) is 1. The number of nitrogens with zero attached hydrogens (tertiary/aromatic N) is 7. The van der Waals surface area contributed by atoms with E-state index in [1.807, 2.05) is 12.1 Å². The highest BCUT2D eigenvalue weighted by Gasteiger charge is 2.30. The zero-order valence-electron chi connectivity index (χ0n) is 21.5. The lowest BCUT2D eigenvalue weighted by atomic mass is 10.1. The van der Waals surface area contributed by atoms with E-state index in [0.717, 1.165) is 18.5 Å². The third kappa shape index (κ3) is 4.33. The quantitative estimate of drug-likeness (QED) is 0.318. The average molecular weight is 540 g/mol. The zero-order chi connectivity index (χ0) is 28.0. The number of aromatic carboxylic acids is 2. The fourth-order valence-electron chi connectivity index (χ4n) is 5.26. The molecule has 12 nitrogen and oxygen atoms in total. The maximum Gasteiger partial charge on any atom is 0.354 e. The Morgan fingerprint density at radius 3 is 2.45 bits per heavy atom. The van der Waals surface area contributed by atoms with E-state index in [9.17, 15) is 19.5 Å². The van der Waals surface area contributed by atoms with Crippen molar-refractivity contribution in [1.29, 1.82) is 0 Å². The molecule has 1 atom stereocenters. The number of aromatic nitrogens is 6. The van der Waals surface area contributed by atoms with Crippen molar-refractivity contribution in [1.82, 2.24) is 33.6 Å². The second kappa shape index (κ2) is 9.89. The number of imidazole rings is 2. The topological polar surface area (TPSA) is 148 Å². The molecule has 0 spiro atoms. The van der Waals surface area contributed by atoms with Crippen LogP contribution in [-0.4, -0.2) is 68.8 Å². The van der Waals surface area contributed by atoms with E-state index in [1.165, 1.54) is 18.3 Å².